The molecule has 0 fully saturated rings. The summed E-state index contributed by atoms with van der Waals surface area (Å²) in [5.41, 5.74) is 2.94. The first-order valence-corrected chi connectivity index (χ1v) is 13.8. The van der Waals surface area contributed by atoms with Crippen molar-refractivity contribution in [3.05, 3.63) is 82.9 Å². The summed E-state index contributed by atoms with van der Waals surface area (Å²) in [6.45, 7) is 3.32. The summed E-state index contributed by atoms with van der Waals surface area (Å²) in [5.74, 6) is -0.616. The van der Waals surface area contributed by atoms with E-state index in [-0.39, 0.29) is 15.6 Å². The molecule has 0 unspecified atom stereocenters. The predicted molar refractivity (Wildman–Crippen MR) is 135 cm³/mol. The van der Waals surface area contributed by atoms with Crippen LogP contribution in [0.1, 0.15) is 11.1 Å². The van der Waals surface area contributed by atoms with Gasteiger partial charge in [0.25, 0.3) is 10.0 Å². The SMILES string of the molecule is Cc1ccc(NS(=O)(=O)c2ccc(NC(=O)CN(c3ccccc3Cl)S(C)(=O)=O)cc2)cc1C. The Morgan fingerprint density at radius 1 is 0.882 bits per heavy atom. The summed E-state index contributed by atoms with van der Waals surface area (Å²) in [6.07, 6.45) is 0.978. The second-order valence-corrected chi connectivity index (χ2v) is 11.7. The Morgan fingerprint density at radius 2 is 1.50 bits per heavy atom. The molecule has 34 heavy (non-hydrogen) atoms. The summed E-state index contributed by atoms with van der Waals surface area (Å²) in [7, 11) is -7.62. The molecule has 0 aliphatic carbocycles. The third-order valence-corrected chi connectivity index (χ3v) is 7.86. The number of carbonyl (C=O) groups excluding carboxylic acids is 1. The standard InChI is InChI=1S/C23H24ClN3O5S2/c1-16-8-9-19(14-17(16)2)26-34(31,32)20-12-10-18(11-13-20)25-23(28)15-27(33(3,29)30)22-7-5-4-6-21(22)24/h4-14,26H,15H2,1-3H3,(H,25,28). The first-order chi connectivity index (χ1) is 15.9. The number of hydrogen-bond donors (Lipinski definition) is 2. The second kappa shape index (κ2) is 10.0. The fourth-order valence-corrected chi connectivity index (χ4v) is 5.31. The van der Waals surface area contributed by atoms with Gasteiger partial charge in [-0.15, -0.1) is 0 Å². The highest BCUT2D eigenvalue weighted by Crippen LogP contribution is 2.27. The molecule has 3 aromatic carbocycles. The van der Waals surface area contributed by atoms with Gasteiger partial charge in [-0.05, 0) is 73.5 Å². The molecule has 11 heteroatoms. The molecule has 0 aliphatic heterocycles. The summed E-state index contributed by atoms with van der Waals surface area (Å²) in [6, 6.07) is 17.1. The third-order valence-electron chi connectivity index (χ3n) is 5.02. The van der Waals surface area contributed by atoms with Crippen LogP contribution in [0.5, 0.6) is 0 Å². The number of para-hydroxylation sites is 1. The maximum absolute atomic E-state index is 12.7. The Hall–Kier alpha value is -3.08. The largest absolute Gasteiger partial charge is 0.325 e. The normalized spacial score (nSPS) is 11.6. The van der Waals surface area contributed by atoms with E-state index in [0.717, 1.165) is 21.7 Å². The van der Waals surface area contributed by atoms with Gasteiger partial charge in [-0.3, -0.25) is 13.8 Å². The Morgan fingerprint density at radius 3 is 2.09 bits per heavy atom. The van der Waals surface area contributed by atoms with Gasteiger partial charge >= 0.3 is 0 Å². The van der Waals surface area contributed by atoms with Crippen LogP contribution in [-0.4, -0.2) is 35.5 Å². The number of aryl methyl sites for hydroxylation is 2. The number of rotatable bonds is 8. The maximum Gasteiger partial charge on any atom is 0.261 e. The van der Waals surface area contributed by atoms with E-state index in [1.54, 1.807) is 24.3 Å². The topological polar surface area (TPSA) is 113 Å². The van der Waals surface area contributed by atoms with E-state index in [9.17, 15) is 21.6 Å². The lowest BCUT2D eigenvalue weighted by molar-refractivity contribution is -0.114. The average molecular weight is 522 g/mol. The van der Waals surface area contributed by atoms with Crippen LogP contribution >= 0.6 is 11.6 Å². The van der Waals surface area contributed by atoms with Crippen molar-refractivity contribution in [3.63, 3.8) is 0 Å². The number of amides is 1. The second-order valence-electron chi connectivity index (χ2n) is 7.70. The van der Waals surface area contributed by atoms with Crippen LogP contribution in [-0.2, 0) is 24.8 Å². The molecule has 180 valence electrons. The van der Waals surface area contributed by atoms with Crippen molar-refractivity contribution in [2.75, 3.05) is 27.1 Å². The zero-order valence-electron chi connectivity index (χ0n) is 18.7. The minimum atomic E-state index is -3.83. The van der Waals surface area contributed by atoms with Gasteiger partial charge in [0.2, 0.25) is 15.9 Å². The van der Waals surface area contributed by atoms with Crippen molar-refractivity contribution >= 4 is 54.6 Å². The number of nitrogens with zero attached hydrogens (tertiary/aromatic N) is 1. The highest BCUT2D eigenvalue weighted by atomic mass is 35.5. The van der Waals surface area contributed by atoms with Gasteiger partial charge in [-0.2, -0.15) is 0 Å². The van der Waals surface area contributed by atoms with E-state index in [2.05, 4.69) is 10.0 Å². The van der Waals surface area contributed by atoms with Crippen LogP contribution in [0.2, 0.25) is 5.02 Å². The minimum Gasteiger partial charge on any atom is -0.325 e. The molecule has 3 aromatic rings. The van der Waals surface area contributed by atoms with E-state index >= 15 is 0 Å². The molecular weight excluding hydrogens is 498 g/mol. The first kappa shape index (κ1) is 25.5. The summed E-state index contributed by atoms with van der Waals surface area (Å²) in [4.78, 5) is 12.6. The smallest absolute Gasteiger partial charge is 0.261 e. The van der Waals surface area contributed by atoms with Crippen LogP contribution in [0.3, 0.4) is 0 Å². The Bertz CT molecular complexity index is 1420. The molecular formula is C23H24ClN3O5S2. The lowest BCUT2D eigenvalue weighted by Gasteiger charge is -2.22. The van der Waals surface area contributed by atoms with Gasteiger partial charge < -0.3 is 5.32 Å². The molecule has 0 spiro atoms. The Labute approximate surface area is 204 Å². The molecule has 1 amide bonds. The van der Waals surface area contributed by atoms with Crippen LogP contribution in [0, 0.1) is 13.8 Å². The number of anilines is 3. The fraction of sp³-hybridized carbons (Fsp3) is 0.174. The van der Waals surface area contributed by atoms with E-state index in [0.29, 0.717) is 11.4 Å². The minimum absolute atomic E-state index is 0.0116. The molecule has 0 radical (unpaired) electrons. The number of nitrogens with one attached hydrogen (secondary N) is 2. The van der Waals surface area contributed by atoms with Gasteiger partial charge in [-0.1, -0.05) is 29.8 Å². The van der Waals surface area contributed by atoms with E-state index in [4.69, 9.17) is 11.6 Å². The molecule has 0 aromatic heterocycles. The van der Waals surface area contributed by atoms with Crippen molar-refractivity contribution in [1.82, 2.24) is 0 Å². The predicted octanol–water partition coefficient (Wildman–Crippen LogP) is 4.16. The van der Waals surface area contributed by atoms with Crippen molar-refractivity contribution in [2.45, 2.75) is 18.7 Å². The summed E-state index contributed by atoms with van der Waals surface area (Å²) in [5, 5.41) is 2.76. The van der Waals surface area contributed by atoms with E-state index in [1.165, 1.54) is 36.4 Å². The molecule has 0 saturated heterocycles. The van der Waals surface area contributed by atoms with E-state index < -0.39 is 32.5 Å². The van der Waals surface area contributed by atoms with Gasteiger partial charge in [0.05, 0.1) is 21.9 Å². The van der Waals surface area contributed by atoms with Gasteiger partial charge in [0.15, 0.2) is 0 Å². The molecule has 0 bridgehead atoms. The molecule has 0 aliphatic rings. The van der Waals surface area contributed by atoms with Gasteiger partial charge in [-0.25, -0.2) is 16.8 Å². The number of carbonyl (C=O) groups is 1. The number of sulfonamides is 2. The lowest BCUT2D eigenvalue weighted by Crippen LogP contribution is -2.37. The van der Waals surface area contributed by atoms with Crippen LogP contribution in [0.4, 0.5) is 17.1 Å². The maximum atomic E-state index is 12.7. The third kappa shape index (κ3) is 6.28. The van der Waals surface area contributed by atoms with Crippen molar-refractivity contribution in [3.8, 4) is 0 Å². The van der Waals surface area contributed by atoms with Crippen LogP contribution in [0.15, 0.2) is 71.6 Å². The fourth-order valence-electron chi connectivity index (χ4n) is 3.10. The van der Waals surface area contributed by atoms with Crippen LogP contribution in [0.25, 0.3) is 0 Å². The lowest BCUT2D eigenvalue weighted by atomic mass is 10.1. The average Bonchev–Trinajstić information content (AvgIpc) is 2.75. The number of benzene rings is 3. The molecule has 0 atom stereocenters. The quantitative estimate of drug-likeness (QED) is 0.462. The molecule has 0 heterocycles. The summed E-state index contributed by atoms with van der Waals surface area (Å²) >= 11 is 6.10. The molecule has 8 nitrogen and oxygen atoms in total. The van der Waals surface area contributed by atoms with Crippen molar-refractivity contribution in [2.24, 2.45) is 0 Å². The van der Waals surface area contributed by atoms with Crippen molar-refractivity contribution < 1.29 is 21.6 Å². The number of halogens is 1. The van der Waals surface area contributed by atoms with Crippen molar-refractivity contribution in [1.29, 1.82) is 0 Å². The molecule has 3 rings (SSSR count). The van der Waals surface area contributed by atoms with Gasteiger partial charge in [0, 0.05) is 11.4 Å². The molecule has 0 saturated carbocycles. The Balaban J connectivity index is 1.72. The highest BCUT2D eigenvalue weighted by Gasteiger charge is 2.23. The van der Waals surface area contributed by atoms with Crippen LogP contribution < -0.4 is 14.3 Å². The van der Waals surface area contributed by atoms with E-state index in [1.807, 2.05) is 19.9 Å². The highest BCUT2D eigenvalue weighted by molar-refractivity contribution is 7.92. The Kier molecular flexibility index (Phi) is 7.54. The van der Waals surface area contributed by atoms with Gasteiger partial charge in [0.1, 0.15) is 6.54 Å². The molecule has 2 N–H and O–H groups in total. The zero-order chi connectivity index (χ0) is 25.1. The number of hydrogen-bond acceptors (Lipinski definition) is 5. The zero-order valence-corrected chi connectivity index (χ0v) is 21.1. The first-order valence-electron chi connectivity index (χ1n) is 10.1. The monoisotopic (exact) mass is 521 g/mol. The summed E-state index contributed by atoms with van der Waals surface area (Å²) < 4.78 is 53.3.